The van der Waals surface area contributed by atoms with Crippen molar-refractivity contribution in [3.8, 4) is 0 Å². The average Bonchev–Trinajstić information content (AvgIpc) is 2.37. The molecule has 104 valence electrons. The van der Waals surface area contributed by atoms with Gasteiger partial charge in [-0.05, 0) is 31.0 Å². The number of carbonyl (C=O) groups excluding carboxylic acids is 1. The van der Waals surface area contributed by atoms with Gasteiger partial charge in [0.05, 0.1) is 6.42 Å². The van der Waals surface area contributed by atoms with E-state index in [1.807, 2.05) is 13.8 Å². The van der Waals surface area contributed by atoms with Crippen molar-refractivity contribution in [2.45, 2.75) is 26.7 Å². The normalized spacial score (nSPS) is 10.0. The first kappa shape index (κ1) is 15.0. The van der Waals surface area contributed by atoms with Crippen LogP contribution in [0.5, 0.6) is 0 Å². The molecule has 0 fully saturated rings. The van der Waals surface area contributed by atoms with Crippen LogP contribution < -0.4 is 5.32 Å². The van der Waals surface area contributed by atoms with Crippen molar-refractivity contribution >= 4 is 17.7 Å². The van der Waals surface area contributed by atoms with E-state index in [1.165, 1.54) is 0 Å². The molecule has 2 amide bonds. The van der Waals surface area contributed by atoms with Gasteiger partial charge in [-0.15, -0.1) is 0 Å². The molecular weight excluding hydrogens is 244 g/mol. The predicted molar refractivity (Wildman–Crippen MR) is 74.3 cm³/mol. The van der Waals surface area contributed by atoms with Gasteiger partial charge in [-0.3, -0.25) is 4.79 Å². The maximum Gasteiger partial charge on any atom is 0.321 e. The van der Waals surface area contributed by atoms with Crippen LogP contribution in [0.2, 0.25) is 0 Å². The van der Waals surface area contributed by atoms with E-state index in [0.717, 1.165) is 13.0 Å². The van der Waals surface area contributed by atoms with Gasteiger partial charge in [-0.2, -0.15) is 0 Å². The number of carboxylic acids is 1. The number of hydrogen-bond donors (Lipinski definition) is 2. The highest BCUT2D eigenvalue weighted by Gasteiger charge is 2.10. The Morgan fingerprint density at radius 3 is 2.32 bits per heavy atom. The number of benzene rings is 1. The summed E-state index contributed by atoms with van der Waals surface area (Å²) in [6.07, 6.45) is 0.907. The Balaban J connectivity index is 2.61. The second-order valence-corrected chi connectivity index (χ2v) is 4.28. The molecule has 0 heterocycles. The Hall–Kier alpha value is -2.04. The van der Waals surface area contributed by atoms with Crippen LogP contribution in [-0.2, 0) is 11.2 Å². The Kier molecular flexibility index (Phi) is 5.85. The lowest BCUT2D eigenvalue weighted by Gasteiger charge is -2.20. The zero-order valence-electron chi connectivity index (χ0n) is 11.3. The zero-order chi connectivity index (χ0) is 14.3. The van der Waals surface area contributed by atoms with Crippen LogP contribution in [0.3, 0.4) is 0 Å². The van der Waals surface area contributed by atoms with E-state index >= 15 is 0 Å². The quantitative estimate of drug-likeness (QED) is 0.829. The van der Waals surface area contributed by atoms with E-state index in [9.17, 15) is 9.59 Å². The number of rotatable bonds is 6. The third-order valence-corrected chi connectivity index (χ3v) is 2.72. The van der Waals surface area contributed by atoms with Gasteiger partial charge in [0.25, 0.3) is 0 Å². The highest BCUT2D eigenvalue weighted by molar-refractivity contribution is 5.89. The van der Waals surface area contributed by atoms with Crippen LogP contribution >= 0.6 is 0 Å². The molecular formula is C14H20N2O3. The number of aliphatic carboxylic acids is 1. The van der Waals surface area contributed by atoms with Gasteiger partial charge in [0.2, 0.25) is 0 Å². The fourth-order valence-electron chi connectivity index (χ4n) is 1.76. The monoisotopic (exact) mass is 264 g/mol. The van der Waals surface area contributed by atoms with Crippen LogP contribution in [0.25, 0.3) is 0 Å². The molecule has 0 aromatic heterocycles. The van der Waals surface area contributed by atoms with Gasteiger partial charge >= 0.3 is 12.0 Å². The fourth-order valence-corrected chi connectivity index (χ4v) is 1.76. The maximum atomic E-state index is 11.9. The molecule has 2 N–H and O–H groups in total. The molecule has 0 atom stereocenters. The number of amides is 2. The van der Waals surface area contributed by atoms with Crippen molar-refractivity contribution in [3.05, 3.63) is 29.8 Å². The minimum Gasteiger partial charge on any atom is -0.481 e. The van der Waals surface area contributed by atoms with Crippen LogP contribution in [0.15, 0.2) is 24.3 Å². The molecule has 0 unspecified atom stereocenters. The number of urea groups is 1. The van der Waals surface area contributed by atoms with Crippen molar-refractivity contribution in [1.82, 2.24) is 4.90 Å². The molecule has 1 aromatic carbocycles. The fraction of sp³-hybridized carbons (Fsp3) is 0.429. The molecule has 0 aliphatic heterocycles. The molecule has 5 heteroatoms. The van der Waals surface area contributed by atoms with Gasteiger partial charge in [0.1, 0.15) is 0 Å². The predicted octanol–water partition coefficient (Wildman–Crippen LogP) is 2.58. The first-order chi connectivity index (χ1) is 9.06. The molecule has 0 saturated heterocycles. The summed E-state index contributed by atoms with van der Waals surface area (Å²) in [6.45, 7) is 5.35. The Labute approximate surface area is 113 Å². The number of nitrogens with zero attached hydrogens (tertiary/aromatic N) is 1. The number of anilines is 1. The second-order valence-electron chi connectivity index (χ2n) is 4.28. The third-order valence-electron chi connectivity index (χ3n) is 2.72. The topological polar surface area (TPSA) is 69.6 Å². The summed E-state index contributed by atoms with van der Waals surface area (Å²) in [5, 5.41) is 11.5. The lowest BCUT2D eigenvalue weighted by atomic mass is 10.1. The molecule has 19 heavy (non-hydrogen) atoms. The largest absolute Gasteiger partial charge is 0.481 e. The standard InChI is InChI=1S/C14H20N2O3/c1-3-9-16(4-2)14(19)15-12-7-5-11(6-8-12)10-13(17)18/h5-8H,3-4,9-10H2,1-2H3,(H,15,19)(H,17,18). The summed E-state index contributed by atoms with van der Waals surface area (Å²) in [6, 6.07) is 6.72. The van der Waals surface area contributed by atoms with Crippen molar-refractivity contribution in [1.29, 1.82) is 0 Å². The zero-order valence-corrected chi connectivity index (χ0v) is 11.3. The molecule has 0 radical (unpaired) electrons. The molecule has 0 saturated carbocycles. The number of hydrogen-bond acceptors (Lipinski definition) is 2. The van der Waals surface area contributed by atoms with E-state index in [2.05, 4.69) is 5.32 Å². The van der Waals surface area contributed by atoms with E-state index in [4.69, 9.17) is 5.11 Å². The van der Waals surface area contributed by atoms with Crippen molar-refractivity contribution in [2.24, 2.45) is 0 Å². The Morgan fingerprint density at radius 2 is 1.84 bits per heavy atom. The summed E-state index contributed by atoms with van der Waals surface area (Å²) >= 11 is 0. The summed E-state index contributed by atoms with van der Waals surface area (Å²) in [7, 11) is 0. The first-order valence-corrected chi connectivity index (χ1v) is 6.43. The second kappa shape index (κ2) is 7.41. The lowest BCUT2D eigenvalue weighted by molar-refractivity contribution is -0.136. The van der Waals surface area contributed by atoms with Crippen molar-refractivity contribution < 1.29 is 14.7 Å². The first-order valence-electron chi connectivity index (χ1n) is 6.43. The molecule has 1 rings (SSSR count). The summed E-state index contributed by atoms with van der Waals surface area (Å²) < 4.78 is 0. The van der Waals surface area contributed by atoms with Gasteiger partial charge in [-0.25, -0.2) is 4.79 Å². The molecule has 0 aliphatic carbocycles. The highest BCUT2D eigenvalue weighted by Crippen LogP contribution is 2.11. The van der Waals surface area contributed by atoms with Crippen LogP contribution in [0.1, 0.15) is 25.8 Å². The van der Waals surface area contributed by atoms with Crippen LogP contribution in [-0.4, -0.2) is 35.1 Å². The lowest BCUT2D eigenvalue weighted by Crippen LogP contribution is -2.35. The molecule has 0 spiro atoms. The SMILES string of the molecule is CCCN(CC)C(=O)Nc1ccc(CC(=O)O)cc1. The minimum absolute atomic E-state index is 0.00878. The van der Waals surface area contributed by atoms with E-state index in [1.54, 1.807) is 29.2 Å². The molecule has 0 bridgehead atoms. The Morgan fingerprint density at radius 1 is 1.21 bits per heavy atom. The van der Waals surface area contributed by atoms with Crippen LogP contribution in [0.4, 0.5) is 10.5 Å². The number of carboxylic acid groups (broad SMARTS) is 1. The highest BCUT2D eigenvalue weighted by atomic mass is 16.4. The van der Waals surface area contributed by atoms with Crippen LogP contribution in [0, 0.1) is 0 Å². The Bertz CT molecular complexity index is 429. The van der Waals surface area contributed by atoms with Gasteiger partial charge in [-0.1, -0.05) is 19.1 Å². The van der Waals surface area contributed by atoms with Gasteiger partial charge in [0, 0.05) is 18.8 Å². The van der Waals surface area contributed by atoms with Crippen molar-refractivity contribution in [3.63, 3.8) is 0 Å². The van der Waals surface area contributed by atoms with Gasteiger partial charge < -0.3 is 15.3 Å². The van der Waals surface area contributed by atoms with E-state index in [0.29, 0.717) is 17.8 Å². The maximum absolute atomic E-state index is 11.9. The summed E-state index contributed by atoms with van der Waals surface area (Å²) in [5.74, 6) is -0.864. The molecule has 0 aliphatic rings. The summed E-state index contributed by atoms with van der Waals surface area (Å²) in [5.41, 5.74) is 1.39. The number of nitrogens with one attached hydrogen (secondary N) is 1. The van der Waals surface area contributed by atoms with E-state index < -0.39 is 5.97 Å². The minimum atomic E-state index is -0.864. The smallest absolute Gasteiger partial charge is 0.321 e. The third kappa shape index (κ3) is 4.99. The molecule has 1 aromatic rings. The van der Waals surface area contributed by atoms with Crippen molar-refractivity contribution in [2.75, 3.05) is 18.4 Å². The van der Waals surface area contributed by atoms with E-state index in [-0.39, 0.29) is 12.5 Å². The number of carbonyl (C=O) groups is 2. The average molecular weight is 264 g/mol. The summed E-state index contributed by atoms with van der Waals surface area (Å²) in [4.78, 5) is 24.2. The van der Waals surface area contributed by atoms with Gasteiger partial charge in [0.15, 0.2) is 0 Å². The molecule has 5 nitrogen and oxygen atoms in total.